The van der Waals surface area contributed by atoms with E-state index in [0.717, 1.165) is 12.8 Å². The maximum Gasteiger partial charge on any atom is 0.317 e. The second-order valence-corrected chi connectivity index (χ2v) is 5.55. The molecule has 0 aliphatic carbocycles. The summed E-state index contributed by atoms with van der Waals surface area (Å²) in [4.78, 5) is 29.7. The largest absolute Gasteiger partial charge is 0.348 e. The first-order chi connectivity index (χ1) is 10.1. The van der Waals surface area contributed by atoms with E-state index in [1.165, 1.54) is 0 Å². The number of nitrogens with zero attached hydrogens (tertiary/aromatic N) is 2. The quantitative estimate of drug-likeness (QED) is 0.883. The van der Waals surface area contributed by atoms with Crippen molar-refractivity contribution in [3.63, 3.8) is 0 Å². The molecule has 1 fully saturated rings. The van der Waals surface area contributed by atoms with E-state index in [-0.39, 0.29) is 24.0 Å². The van der Waals surface area contributed by atoms with Crippen LogP contribution >= 0.6 is 0 Å². The van der Waals surface area contributed by atoms with E-state index in [4.69, 9.17) is 0 Å². The van der Waals surface area contributed by atoms with Crippen molar-refractivity contribution in [1.82, 2.24) is 20.5 Å². The summed E-state index contributed by atoms with van der Waals surface area (Å²) in [5, 5.41) is 5.86. The van der Waals surface area contributed by atoms with Crippen LogP contribution in [0.4, 0.5) is 4.79 Å². The van der Waals surface area contributed by atoms with Gasteiger partial charge in [0.25, 0.3) is 5.91 Å². The number of carbonyl (C=O) groups is 2. The van der Waals surface area contributed by atoms with Crippen molar-refractivity contribution in [3.8, 4) is 0 Å². The monoisotopic (exact) mass is 290 g/mol. The summed E-state index contributed by atoms with van der Waals surface area (Å²) < 4.78 is 0. The first-order valence-corrected chi connectivity index (χ1v) is 7.33. The van der Waals surface area contributed by atoms with Crippen molar-refractivity contribution >= 4 is 11.9 Å². The van der Waals surface area contributed by atoms with Crippen molar-refractivity contribution in [2.75, 3.05) is 13.1 Å². The van der Waals surface area contributed by atoms with Crippen molar-refractivity contribution in [2.24, 2.45) is 0 Å². The number of nitrogens with one attached hydrogen (secondary N) is 2. The molecule has 114 valence electrons. The van der Waals surface area contributed by atoms with Gasteiger partial charge in [-0.05, 0) is 38.8 Å². The van der Waals surface area contributed by atoms with Gasteiger partial charge in [-0.15, -0.1) is 0 Å². The summed E-state index contributed by atoms with van der Waals surface area (Å²) in [5.41, 5.74) is 0.428. The van der Waals surface area contributed by atoms with Gasteiger partial charge in [0.05, 0.1) is 0 Å². The Morgan fingerprint density at radius 3 is 2.57 bits per heavy atom. The minimum absolute atomic E-state index is 0.0282. The van der Waals surface area contributed by atoms with Gasteiger partial charge in [0.1, 0.15) is 5.69 Å². The highest BCUT2D eigenvalue weighted by Crippen LogP contribution is 2.11. The van der Waals surface area contributed by atoms with E-state index in [1.54, 1.807) is 29.3 Å². The lowest BCUT2D eigenvalue weighted by atomic mass is 10.1. The van der Waals surface area contributed by atoms with E-state index in [0.29, 0.717) is 18.8 Å². The van der Waals surface area contributed by atoms with Gasteiger partial charge in [0, 0.05) is 31.4 Å². The van der Waals surface area contributed by atoms with Crippen LogP contribution in [0.5, 0.6) is 0 Å². The molecule has 0 radical (unpaired) electrons. The molecule has 2 heterocycles. The van der Waals surface area contributed by atoms with Crippen molar-refractivity contribution in [1.29, 1.82) is 0 Å². The highest BCUT2D eigenvalue weighted by Gasteiger charge is 2.24. The Labute approximate surface area is 124 Å². The number of piperidine rings is 1. The Balaban J connectivity index is 1.79. The van der Waals surface area contributed by atoms with Crippen molar-refractivity contribution in [2.45, 2.75) is 38.8 Å². The lowest BCUT2D eigenvalue weighted by Crippen LogP contribution is -2.50. The maximum absolute atomic E-state index is 12.0. The first kappa shape index (κ1) is 15.3. The fourth-order valence-corrected chi connectivity index (χ4v) is 2.32. The van der Waals surface area contributed by atoms with Crippen molar-refractivity contribution < 1.29 is 9.59 Å². The molecule has 6 heteroatoms. The molecule has 0 saturated carbocycles. The molecule has 1 saturated heterocycles. The Morgan fingerprint density at radius 1 is 1.29 bits per heavy atom. The SMILES string of the molecule is CC(C)NC(=O)N1CCC(NC(=O)c2ccccn2)CC1. The molecule has 0 atom stereocenters. The predicted octanol–water partition coefficient (Wildman–Crippen LogP) is 1.39. The zero-order chi connectivity index (χ0) is 15.2. The van der Waals surface area contributed by atoms with Crippen LogP contribution in [0.25, 0.3) is 0 Å². The van der Waals surface area contributed by atoms with E-state index < -0.39 is 0 Å². The summed E-state index contributed by atoms with van der Waals surface area (Å²) >= 11 is 0. The van der Waals surface area contributed by atoms with E-state index >= 15 is 0 Å². The molecule has 1 aliphatic heterocycles. The van der Waals surface area contributed by atoms with E-state index in [9.17, 15) is 9.59 Å². The topological polar surface area (TPSA) is 74.3 Å². The summed E-state index contributed by atoms with van der Waals surface area (Å²) in [6.07, 6.45) is 3.14. The van der Waals surface area contributed by atoms with Crippen LogP contribution < -0.4 is 10.6 Å². The van der Waals surface area contributed by atoms with Gasteiger partial charge < -0.3 is 15.5 Å². The minimum atomic E-state index is -0.152. The smallest absolute Gasteiger partial charge is 0.317 e. The molecular formula is C15H22N4O2. The zero-order valence-corrected chi connectivity index (χ0v) is 12.5. The van der Waals surface area contributed by atoms with Crippen molar-refractivity contribution in [3.05, 3.63) is 30.1 Å². The molecule has 1 aliphatic rings. The molecule has 2 N–H and O–H groups in total. The van der Waals surface area contributed by atoms with E-state index in [1.807, 2.05) is 13.8 Å². The Bertz CT molecular complexity index is 482. The number of likely N-dealkylation sites (tertiary alicyclic amines) is 1. The van der Waals surface area contributed by atoms with Crippen LogP contribution in [0, 0.1) is 0 Å². The molecule has 0 spiro atoms. The zero-order valence-electron chi connectivity index (χ0n) is 12.5. The average Bonchev–Trinajstić information content (AvgIpc) is 2.48. The number of aromatic nitrogens is 1. The number of hydrogen-bond acceptors (Lipinski definition) is 3. The van der Waals surface area contributed by atoms with Gasteiger partial charge in [-0.1, -0.05) is 6.07 Å². The van der Waals surface area contributed by atoms with Gasteiger partial charge in [0.2, 0.25) is 0 Å². The van der Waals surface area contributed by atoms with Crippen LogP contribution in [0.2, 0.25) is 0 Å². The van der Waals surface area contributed by atoms with Crippen LogP contribution in [0.1, 0.15) is 37.2 Å². The Morgan fingerprint density at radius 2 is 2.00 bits per heavy atom. The summed E-state index contributed by atoms with van der Waals surface area (Å²) in [6.45, 7) is 5.20. The van der Waals surface area contributed by atoms with Gasteiger partial charge in [-0.2, -0.15) is 0 Å². The lowest BCUT2D eigenvalue weighted by molar-refractivity contribution is 0.0912. The fraction of sp³-hybridized carbons (Fsp3) is 0.533. The van der Waals surface area contributed by atoms with Gasteiger partial charge >= 0.3 is 6.03 Å². The molecule has 0 unspecified atom stereocenters. The third-order valence-corrected chi connectivity index (χ3v) is 3.43. The molecule has 21 heavy (non-hydrogen) atoms. The normalized spacial score (nSPS) is 15.9. The highest BCUT2D eigenvalue weighted by molar-refractivity contribution is 5.92. The number of hydrogen-bond donors (Lipinski definition) is 2. The minimum Gasteiger partial charge on any atom is -0.348 e. The molecule has 0 aromatic carbocycles. The molecule has 1 aromatic heterocycles. The van der Waals surface area contributed by atoms with Crippen LogP contribution in [0.3, 0.4) is 0 Å². The Kier molecular flexibility index (Phi) is 5.14. The van der Waals surface area contributed by atoms with Crippen LogP contribution in [-0.4, -0.2) is 47.0 Å². The first-order valence-electron chi connectivity index (χ1n) is 7.33. The average molecular weight is 290 g/mol. The van der Waals surface area contributed by atoms with Gasteiger partial charge in [-0.3, -0.25) is 9.78 Å². The summed E-state index contributed by atoms with van der Waals surface area (Å²) in [6, 6.07) is 5.48. The third-order valence-electron chi connectivity index (χ3n) is 3.43. The van der Waals surface area contributed by atoms with Crippen LogP contribution in [0.15, 0.2) is 24.4 Å². The third kappa shape index (κ3) is 4.44. The van der Waals surface area contributed by atoms with Crippen LogP contribution in [-0.2, 0) is 0 Å². The Hall–Kier alpha value is -2.11. The number of pyridine rings is 1. The second kappa shape index (κ2) is 7.06. The van der Waals surface area contributed by atoms with Gasteiger partial charge in [0.15, 0.2) is 0 Å². The molecule has 6 nitrogen and oxygen atoms in total. The number of carbonyl (C=O) groups excluding carboxylic acids is 2. The highest BCUT2D eigenvalue weighted by atomic mass is 16.2. The molecule has 0 bridgehead atoms. The number of amides is 3. The molecule has 2 rings (SSSR count). The summed E-state index contributed by atoms with van der Waals surface area (Å²) in [7, 11) is 0. The van der Waals surface area contributed by atoms with E-state index in [2.05, 4.69) is 15.6 Å². The number of rotatable bonds is 3. The molecule has 1 aromatic rings. The predicted molar refractivity (Wildman–Crippen MR) is 80.0 cm³/mol. The van der Waals surface area contributed by atoms with Gasteiger partial charge in [-0.25, -0.2) is 4.79 Å². The fourth-order valence-electron chi connectivity index (χ4n) is 2.32. The summed E-state index contributed by atoms with van der Waals surface area (Å²) in [5.74, 6) is -0.152. The molecule has 3 amide bonds. The number of urea groups is 1. The maximum atomic E-state index is 12.0. The second-order valence-electron chi connectivity index (χ2n) is 5.55. The standard InChI is InChI=1S/C15H22N4O2/c1-11(2)17-15(21)19-9-6-12(7-10-19)18-14(20)13-5-3-4-8-16-13/h3-5,8,11-12H,6-7,9-10H2,1-2H3,(H,17,21)(H,18,20). The lowest BCUT2D eigenvalue weighted by Gasteiger charge is -2.32. The molecular weight excluding hydrogens is 268 g/mol.